The summed E-state index contributed by atoms with van der Waals surface area (Å²) < 4.78 is 30.2. The molecule has 27 heavy (non-hydrogen) atoms. The molecule has 0 aliphatic rings. The molecule has 0 fully saturated rings. The first-order chi connectivity index (χ1) is 13.2. The van der Waals surface area contributed by atoms with Crippen LogP contribution in [-0.2, 0) is 12.8 Å². The van der Waals surface area contributed by atoms with Gasteiger partial charge in [-0.05, 0) is 30.3 Å². The Kier molecular flexibility index (Phi) is 3.91. The van der Waals surface area contributed by atoms with Crippen molar-refractivity contribution in [3.63, 3.8) is 0 Å². The number of fused-ring (bicyclic) bond motifs is 2. The van der Waals surface area contributed by atoms with E-state index in [0.717, 1.165) is 44.9 Å². The quantitative estimate of drug-likeness (QED) is 0.446. The number of nitrogens with zero attached hydrogens (tertiary/aromatic N) is 5. The Morgan fingerprint density at radius 2 is 1.78 bits per heavy atom. The monoisotopic (exact) mass is 399 g/mol. The van der Waals surface area contributed by atoms with Crippen molar-refractivity contribution in [3.05, 3.63) is 64.1 Å². The average Bonchev–Trinajstić information content (AvgIpc) is 3.35. The molecule has 0 radical (unpaired) electrons. The third-order valence-electron chi connectivity index (χ3n) is 4.09. The Hall–Kier alpha value is -2.78. The molecule has 0 unspecified atom stereocenters. The molecule has 5 aromatic rings. The van der Waals surface area contributed by atoms with Crippen molar-refractivity contribution in [2.75, 3.05) is 0 Å². The fourth-order valence-corrected chi connectivity index (χ4v) is 4.63. The van der Waals surface area contributed by atoms with E-state index in [1.807, 2.05) is 18.2 Å². The van der Waals surface area contributed by atoms with Gasteiger partial charge in [0.25, 0.3) is 0 Å². The molecule has 5 nitrogen and oxygen atoms in total. The van der Waals surface area contributed by atoms with Gasteiger partial charge >= 0.3 is 0 Å². The highest BCUT2D eigenvalue weighted by atomic mass is 32.1. The molecule has 0 amide bonds. The van der Waals surface area contributed by atoms with E-state index in [2.05, 4.69) is 26.3 Å². The molecule has 0 aliphatic heterocycles. The number of thiazole rings is 1. The normalized spacial score (nSPS) is 11.6. The van der Waals surface area contributed by atoms with Crippen LogP contribution in [-0.4, -0.2) is 24.8 Å². The topological polar surface area (TPSA) is 56.0 Å². The second-order valence-corrected chi connectivity index (χ2v) is 8.07. The van der Waals surface area contributed by atoms with E-state index in [1.165, 1.54) is 15.9 Å². The zero-order valence-electron chi connectivity index (χ0n) is 13.8. The van der Waals surface area contributed by atoms with Crippen LogP contribution < -0.4 is 0 Å². The van der Waals surface area contributed by atoms with E-state index < -0.39 is 11.6 Å². The van der Waals surface area contributed by atoms with Crippen LogP contribution in [0, 0.1) is 11.6 Å². The molecule has 0 N–H and O–H groups in total. The van der Waals surface area contributed by atoms with Crippen LogP contribution in [0.15, 0.2) is 42.5 Å². The molecule has 3 aromatic heterocycles. The number of benzene rings is 2. The summed E-state index contributed by atoms with van der Waals surface area (Å²) in [6.07, 6.45) is 1.45. The number of aryl methyl sites for hydroxylation is 2. The zero-order valence-corrected chi connectivity index (χ0v) is 15.4. The first kappa shape index (κ1) is 16.4. The van der Waals surface area contributed by atoms with Crippen LogP contribution in [0.25, 0.3) is 26.6 Å². The van der Waals surface area contributed by atoms with Gasteiger partial charge in [0.05, 0.1) is 20.8 Å². The van der Waals surface area contributed by atoms with Gasteiger partial charge in [-0.3, -0.25) is 0 Å². The second-order valence-electron chi connectivity index (χ2n) is 5.91. The number of hydrogen-bond donors (Lipinski definition) is 0. The van der Waals surface area contributed by atoms with Gasteiger partial charge in [0.2, 0.25) is 4.96 Å². The Balaban J connectivity index is 1.43. The van der Waals surface area contributed by atoms with Gasteiger partial charge in [0.15, 0.2) is 5.82 Å². The Morgan fingerprint density at radius 1 is 0.926 bits per heavy atom. The minimum Gasteiger partial charge on any atom is -0.241 e. The third kappa shape index (κ3) is 2.98. The fourth-order valence-electron chi connectivity index (χ4n) is 2.84. The average molecular weight is 399 g/mol. The van der Waals surface area contributed by atoms with Gasteiger partial charge < -0.3 is 0 Å². The van der Waals surface area contributed by atoms with Crippen LogP contribution in [0.1, 0.15) is 10.0 Å². The van der Waals surface area contributed by atoms with Crippen LogP contribution in [0.2, 0.25) is 0 Å². The number of hydrogen-bond acceptors (Lipinski definition) is 6. The maximum absolute atomic E-state index is 14.1. The molecule has 0 aliphatic carbocycles. The molecule has 9 heteroatoms. The third-order valence-corrected chi connectivity index (χ3v) is 6.15. The van der Waals surface area contributed by atoms with E-state index >= 15 is 0 Å². The van der Waals surface area contributed by atoms with E-state index in [0.29, 0.717) is 11.4 Å². The molecule has 0 spiro atoms. The van der Waals surface area contributed by atoms with Crippen molar-refractivity contribution in [2.24, 2.45) is 0 Å². The first-order valence-electron chi connectivity index (χ1n) is 8.18. The molecule has 0 saturated heterocycles. The summed E-state index contributed by atoms with van der Waals surface area (Å²) in [4.78, 5) is 5.17. The van der Waals surface area contributed by atoms with Crippen LogP contribution in [0.3, 0.4) is 0 Å². The molecule has 134 valence electrons. The minimum atomic E-state index is -0.560. The number of halogens is 2. The minimum absolute atomic E-state index is 0.0468. The summed E-state index contributed by atoms with van der Waals surface area (Å²) in [5, 5.41) is 14.4. The standard InChI is InChI=1S/C18H11F2N5S2/c19-10-5-6-12(20)11(9-10)17-22-23-18-25(17)24-16(27-18)8-7-15-21-13-3-1-2-4-14(13)26-15/h1-6,9H,7-8H2. The van der Waals surface area contributed by atoms with Crippen molar-refractivity contribution < 1.29 is 8.78 Å². The summed E-state index contributed by atoms with van der Waals surface area (Å²) in [7, 11) is 0. The van der Waals surface area contributed by atoms with Gasteiger partial charge in [0, 0.05) is 12.8 Å². The number of para-hydroxylation sites is 1. The van der Waals surface area contributed by atoms with Crippen LogP contribution in [0.4, 0.5) is 8.78 Å². The highest BCUT2D eigenvalue weighted by molar-refractivity contribution is 7.18. The van der Waals surface area contributed by atoms with Crippen molar-refractivity contribution in [1.29, 1.82) is 0 Å². The molecule has 0 saturated carbocycles. The molecule has 0 atom stereocenters. The Morgan fingerprint density at radius 3 is 2.67 bits per heavy atom. The highest BCUT2D eigenvalue weighted by Gasteiger charge is 2.17. The van der Waals surface area contributed by atoms with Gasteiger partial charge in [-0.25, -0.2) is 13.8 Å². The second kappa shape index (κ2) is 6.43. The van der Waals surface area contributed by atoms with Gasteiger partial charge in [-0.1, -0.05) is 23.5 Å². The summed E-state index contributed by atoms with van der Waals surface area (Å²) in [6.45, 7) is 0. The zero-order chi connectivity index (χ0) is 18.4. The lowest BCUT2D eigenvalue weighted by molar-refractivity contribution is 0.601. The summed E-state index contributed by atoms with van der Waals surface area (Å²) in [6, 6.07) is 11.3. The number of aromatic nitrogens is 5. The fraction of sp³-hybridized carbons (Fsp3) is 0.111. The molecule has 0 bridgehead atoms. The van der Waals surface area contributed by atoms with Crippen molar-refractivity contribution in [1.82, 2.24) is 24.8 Å². The first-order valence-corrected chi connectivity index (χ1v) is 9.82. The van der Waals surface area contributed by atoms with Gasteiger partial charge in [0.1, 0.15) is 16.6 Å². The van der Waals surface area contributed by atoms with Crippen molar-refractivity contribution >= 4 is 37.9 Å². The van der Waals surface area contributed by atoms with Gasteiger partial charge in [-0.15, -0.1) is 21.5 Å². The predicted molar refractivity (Wildman–Crippen MR) is 101 cm³/mol. The molecule has 5 rings (SSSR count). The van der Waals surface area contributed by atoms with Crippen molar-refractivity contribution in [3.8, 4) is 11.4 Å². The lowest BCUT2D eigenvalue weighted by Crippen LogP contribution is -1.96. The lowest BCUT2D eigenvalue weighted by atomic mass is 10.2. The molecular formula is C18H11F2N5S2. The number of rotatable bonds is 4. The lowest BCUT2D eigenvalue weighted by Gasteiger charge is -1.99. The summed E-state index contributed by atoms with van der Waals surface area (Å²) >= 11 is 3.06. The maximum Gasteiger partial charge on any atom is 0.234 e. The van der Waals surface area contributed by atoms with E-state index in [9.17, 15) is 8.78 Å². The molecular weight excluding hydrogens is 388 g/mol. The Labute approximate surface area is 160 Å². The smallest absolute Gasteiger partial charge is 0.234 e. The largest absolute Gasteiger partial charge is 0.241 e. The van der Waals surface area contributed by atoms with Crippen LogP contribution in [0.5, 0.6) is 0 Å². The maximum atomic E-state index is 14.1. The SMILES string of the molecule is Fc1ccc(F)c(-c2nnc3sc(CCc4nc5ccccc5s4)nn23)c1. The van der Waals surface area contributed by atoms with Crippen LogP contribution >= 0.6 is 22.7 Å². The van der Waals surface area contributed by atoms with E-state index in [4.69, 9.17) is 0 Å². The van der Waals surface area contributed by atoms with E-state index in [-0.39, 0.29) is 11.4 Å². The summed E-state index contributed by atoms with van der Waals surface area (Å²) in [5.74, 6) is -0.895. The Bertz CT molecular complexity index is 1240. The predicted octanol–water partition coefficient (Wildman–Crippen LogP) is 4.53. The van der Waals surface area contributed by atoms with E-state index in [1.54, 1.807) is 11.3 Å². The molecule has 3 heterocycles. The summed E-state index contributed by atoms with van der Waals surface area (Å²) in [5.41, 5.74) is 1.05. The molecule has 2 aromatic carbocycles. The van der Waals surface area contributed by atoms with Gasteiger partial charge in [-0.2, -0.15) is 9.61 Å². The van der Waals surface area contributed by atoms with Crippen molar-refractivity contribution in [2.45, 2.75) is 12.8 Å². The highest BCUT2D eigenvalue weighted by Crippen LogP contribution is 2.26.